The van der Waals surface area contributed by atoms with Crippen molar-refractivity contribution in [1.29, 1.82) is 0 Å². The molecule has 1 N–H and O–H groups in total. The zero-order valence-electron chi connectivity index (χ0n) is 15.4. The predicted molar refractivity (Wildman–Crippen MR) is 104 cm³/mol. The molecular weight excluding hydrogens is 350 g/mol. The van der Waals surface area contributed by atoms with Crippen LogP contribution in [0.5, 0.6) is 0 Å². The number of benzene rings is 2. The van der Waals surface area contributed by atoms with Gasteiger partial charge in [0.1, 0.15) is 0 Å². The van der Waals surface area contributed by atoms with Gasteiger partial charge in [0.05, 0.1) is 5.56 Å². The normalized spacial score (nSPS) is 12.9. The Morgan fingerprint density at radius 2 is 1.73 bits per heavy atom. The third-order valence-electron chi connectivity index (χ3n) is 3.91. The van der Waals surface area contributed by atoms with Crippen LogP contribution in [0.3, 0.4) is 0 Å². The molecule has 0 saturated carbocycles. The molecule has 0 fully saturated rings. The highest BCUT2D eigenvalue weighted by Gasteiger charge is 2.20. The summed E-state index contributed by atoms with van der Waals surface area (Å²) in [6.07, 6.45) is 0.663. The first-order chi connectivity index (χ1) is 12.3. The quantitative estimate of drug-likeness (QED) is 0.788. The molecule has 0 aromatic heterocycles. The number of rotatable bonds is 6. The van der Waals surface area contributed by atoms with E-state index >= 15 is 0 Å². The fourth-order valence-electron chi connectivity index (χ4n) is 2.54. The van der Waals surface area contributed by atoms with Gasteiger partial charge >= 0.3 is 5.97 Å². The zero-order valence-corrected chi connectivity index (χ0v) is 16.2. The van der Waals surface area contributed by atoms with Gasteiger partial charge in [-0.15, -0.1) is 0 Å². The van der Waals surface area contributed by atoms with Gasteiger partial charge in [-0.05, 0) is 49.6 Å². The fourth-order valence-corrected chi connectivity index (χ4v) is 3.19. The van der Waals surface area contributed by atoms with E-state index in [1.807, 2.05) is 32.0 Å². The van der Waals surface area contributed by atoms with Crippen LogP contribution >= 0.6 is 0 Å². The molecule has 2 aromatic carbocycles. The molecule has 26 heavy (non-hydrogen) atoms. The number of aryl methyl sites for hydroxylation is 2. The summed E-state index contributed by atoms with van der Waals surface area (Å²) in [5.74, 6) is -0.608. The van der Waals surface area contributed by atoms with Gasteiger partial charge in [0.25, 0.3) is 5.91 Å². The summed E-state index contributed by atoms with van der Waals surface area (Å²) in [6, 6.07) is 12.5. The van der Waals surface area contributed by atoms with Crippen LogP contribution in [-0.2, 0) is 26.1 Å². The molecule has 0 heterocycles. The van der Waals surface area contributed by atoms with Crippen LogP contribution in [0.25, 0.3) is 0 Å². The lowest BCUT2D eigenvalue weighted by Gasteiger charge is -2.16. The molecule has 0 aliphatic rings. The van der Waals surface area contributed by atoms with Gasteiger partial charge in [-0.2, -0.15) is 0 Å². The number of para-hydroxylation sites is 1. The number of amides is 1. The summed E-state index contributed by atoms with van der Waals surface area (Å²) in [5, 5.41) is 2.82. The van der Waals surface area contributed by atoms with Gasteiger partial charge < -0.3 is 10.1 Å². The molecule has 2 aromatic rings. The van der Waals surface area contributed by atoms with Crippen LogP contribution in [0, 0.1) is 13.8 Å². The van der Waals surface area contributed by atoms with Crippen LogP contribution in [0.15, 0.2) is 42.5 Å². The molecule has 0 bridgehead atoms. The number of ether oxygens (including phenoxy) is 1. The molecule has 0 saturated heterocycles. The molecule has 0 aliphatic heterocycles. The Bertz CT molecular complexity index is 827. The highest BCUT2D eigenvalue weighted by atomic mass is 32.2. The number of hydrogen-bond donors (Lipinski definition) is 1. The molecule has 2 rings (SSSR count). The van der Waals surface area contributed by atoms with Crippen molar-refractivity contribution in [1.82, 2.24) is 0 Å². The van der Waals surface area contributed by atoms with Crippen molar-refractivity contribution < 1.29 is 18.5 Å². The molecule has 0 radical (unpaired) electrons. The number of carbonyl (C=O) groups is 2. The topological polar surface area (TPSA) is 72.5 Å². The van der Waals surface area contributed by atoms with E-state index in [0.29, 0.717) is 11.3 Å². The van der Waals surface area contributed by atoms with Gasteiger partial charge in [-0.3, -0.25) is 9.00 Å². The van der Waals surface area contributed by atoms with Crippen molar-refractivity contribution in [3.8, 4) is 0 Å². The Hall–Kier alpha value is -2.47. The maximum absolute atomic E-state index is 12.4. The molecule has 6 heteroatoms. The first kappa shape index (κ1) is 19.8. The minimum Gasteiger partial charge on any atom is -0.449 e. The monoisotopic (exact) mass is 373 g/mol. The highest BCUT2D eigenvalue weighted by Crippen LogP contribution is 2.20. The van der Waals surface area contributed by atoms with Gasteiger partial charge in [0.2, 0.25) is 0 Å². The second kappa shape index (κ2) is 8.76. The fraction of sp³-hybridized carbons (Fsp3) is 0.300. The molecule has 0 spiro atoms. The summed E-state index contributed by atoms with van der Waals surface area (Å²) in [6.45, 7) is 5.34. The summed E-state index contributed by atoms with van der Waals surface area (Å²) >= 11 is 0. The summed E-state index contributed by atoms with van der Waals surface area (Å²) in [4.78, 5) is 24.7. The van der Waals surface area contributed by atoms with Crippen molar-refractivity contribution in [2.45, 2.75) is 32.6 Å². The van der Waals surface area contributed by atoms with E-state index in [1.54, 1.807) is 30.5 Å². The molecular formula is C20H23NO4S. The molecule has 1 amide bonds. The average Bonchev–Trinajstić information content (AvgIpc) is 2.57. The molecule has 0 aliphatic carbocycles. The number of nitrogens with one attached hydrogen (secondary N) is 1. The Labute approximate surface area is 156 Å². The van der Waals surface area contributed by atoms with Crippen molar-refractivity contribution >= 4 is 28.4 Å². The minimum absolute atomic E-state index is 0.333. The third-order valence-corrected chi connectivity index (χ3v) is 4.65. The van der Waals surface area contributed by atoms with E-state index in [2.05, 4.69) is 5.32 Å². The lowest BCUT2D eigenvalue weighted by Crippen LogP contribution is -2.30. The van der Waals surface area contributed by atoms with E-state index in [9.17, 15) is 13.8 Å². The maximum Gasteiger partial charge on any atom is 0.338 e. The van der Waals surface area contributed by atoms with E-state index in [0.717, 1.165) is 22.4 Å². The largest absolute Gasteiger partial charge is 0.449 e. The molecule has 5 nitrogen and oxygen atoms in total. The first-order valence-electron chi connectivity index (χ1n) is 8.25. The van der Waals surface area contributed by atoms with E-state index in [1.165, 1.54) is 6.92 Å². The molecule has 2 atom stereocenters. The minimum atomic E-state index is -1.000. The number of hydrogen-bond acceptors (Lipinski definition) is 4. The smallest absolute Gasteiger partial charge is 0.338 e. The van der Waals surface area contributed by atoms with Crippen LogP contribution in [0.1, 0.15) is 34.0 Å². The van der Waals surface area contributed by atoms with Crippen LogP contribution in [0.2, 0.25) is 0 Å². The summed E-state index contributed by atoms with van der Waals surface area (Å²) in [5.41, 5.74) is 3.73. The van der Waals surface area contributed by atoms with E-state index < -0.39 is 22.9 Å². The van der Waals surface area contributed by atoms with Gasteiger partial charge in [0.15, 0.2) is 6.10 Å². The van der Waals surface area contributed by atoms with Crippen LogP contribution < -0.4 is 5.32 Å². The van der Waals surface area contributed by atoms with Gasteiger partial charge in [0, 0.05) is 28.5 Å². The third kappa shape index (κ3) is 5.26. The van der Waals surface area contributed by atoms with Crippen molar-refractivity contribution in [3.63, 3.8) is 0 Å². The highest BCUT2D eigenvalue weighted by molar-refractivity contribution is 7.83. The molecule has 138 valence electrons. The lowest BCUT2D eigenvalue weighted by atomic mass is 10.1. The van der Waals surface area contributed by atoms with Gasteiger partial charge in [-0.1, -0.05) is 30.3 Å². The summed E-state index contributed by atoms with van der Waals surface area (Å²) in [7, 11) is -1.000. The van der Waals surface area contributed by atoms with Gasteiger partial charge in [-0.25, -0.2) is 4.79 Å². The van der Waals surface area contributed by atoms with Crippen LogP contribution in [0.4, 0.5) is 5.69 Å². The Morgan fingerprint density at radius 3 is 2.35 bits per heavy atom. The zero-order chi connectivity index (χ0) is 19.3. The average molecular weight is 373 g/mol. The van der Waals surface area contributed by atoms with Crippen LogP contribution in [-0.4, -0.2) is 28.4 Å². The number of carbonyl (C=O) groups excluding carboxylic acids is 2. The number of esters is 1. The van der Waals surface area contributed by atoms with Crippen molar-refractivity contribution in [2.24, 2.45) is 0 Å². The SMILES string of the molecule is Cc1cccc(C)c1NC(=O)C(C)OC(=O)c1cccc(CS(C)=O)c1. The Balaban J connectivity index is 2.04. The second-order valence-corrected chi connectivity index (χ2v) is 7.66. The number of anilines is 1. The predicted octanol–water partition coefficient (Wildman–Crippen LogP) is 3.37. The summed E-state index contributed by atoms with van der Waals surface area (Å²) < 4.78 is 16.6. The Morgan fingerprint density at radius 1 is 1.12 bits per heavy atom. The van der Waals surface area contributed by atoms with Crippen molar-refractivity contribution in [3.05, 3.63) is 64.7 Å². The van der Waals surface area contributed by atoms with E-state index in [4.69, 9.17) is 4.74 Å². The van der Waals surface area contributed by atoms with E-state index in [-0.39, 0.29) is 5.91 Å². The Kier molecular flexibility index (Phi) is 6.69. The molecule has 2 unspecified atom stereocenters. The second-order valence-electron chi connectivity index (χ2n) is 6.22. The first-order valence-corrected chi connectivity index (χ1v) is 9.97. The van der Waals surface area contributed by atoms with Crippen molar-refractivity contribution in [2.75, 3.05) is 11.6 Å². The lowest BCUT2D eigenvalue weighted by molar-refractivity contribution is -0.123. The standard InChI is InChI=1S/C20H23NO4S/c1-13-7-5-8-14(2)18(13)21-19(22)15(3)25-20(23)17-10-6-9-16(11-17)12-26(4)24/h5-11,15H,12H2,1-4H3,(H,21,22). The maximum atomic E-state index is 12.4.